The summed E-state index contributed by atoms with van der Waals surface area (Å²) < 4.78 is 18.1. The number of ether oxygens (including phenoxy) is 3. The van der Waals surface area contributed by atoms with E-state index >= 15 is 0 Å². The van der Waals surface area contributed by atoms with Gasteiger partial charge in [-0.05, 0) is 68.9 Å². The van der Waals surface area contributed by atoms with Gasteiger partial charge in [0.15, 0.2) is 0 Å². The number of carbonyl (C=O) groups is 6. The fourth-order valence-electron chi connectivity index (χ4n) is 6.33. The third-order valence-corrected chi connectivity index (χ3v) is 9.18. The van der Waals surface area contributed by atoms with Crippen molar-refractivity contribution in [3.05, 3.63) is 65.9 Å². The molecule has 16 nitrogen and oxygen atoms in total. The van der Waals surface area contributed by atoms with Crippen molar-refractivity contribution in [2.75, 3.05) is 26.0 Å². The second-order valence-corrected chi connectivity index (χ2v) is 15.5. The van der Waals surface area contributed by atoms with E-state index in [0.29, 0.717) is 17.7 Å². The predicted octanol–water partition coefficient (Wildman–Crippen LogP) is 4.69. The number of hydrogen-bond acceptors (Lipinski definition) is 9. The van der Waals surface area contributed by atoms with Gasteiger partial charge in [0.1, 0.15) is 30.3 Å². The van der Waals surface area contributed by atoms with E-state index < -0.39 is 65.1 Å². The Labute approximate surface area is 328 Å². The third-order valence-electron chi connectivity index (χ3n) is 9.18. The number of nitrogens with zero attached hydrogens (tertiary/aromatic N) is 2. The maximum Gasteiger partial charge on any atom is 0.410 e. The zero-order valence-corrected chi connectivity index (χ0v) is 34.0. The first-order valence-corrected chi connectivity index (χ1v) is 18.4. The summed E-state index contributed by atoms with van der Waals surface area (Å²) in [6.45, 7) is 12.4. The van der Waals surface area contributed by atoms with Gasteiger partial charge in [-0.3, -0.25) is 14.5 Å². The minimum atomic E-state index is -1.05. The number of fused-ring (bicyclic) bond motifs is 1. The molecule has 3 rings (SSSR count). The number of aryl methyl sites for hydroxylation is 1. The highest BCUT2D eigenvalue weighted by molar-refractivity contribution is 5.98. The van der Waals surface area contributed by atoms with Crippen LogP contribution in [0.2, 0.25) is 0 Å². The topological polar surface area (TPSA) is 212 Å². The largest absolute Gasteiger partial charge is 0.467 e. The zero-order valence-electron chi connectivity index (χ0n) is 34.0. The van der Waals surface area contributed by atoms with Gasteiger partial charge in [-0.2, -0.15) is 0 Å². The van der Waals surface area contributed by atoms with Gasteiger partial charge in [0.05, 0.1) is 7.11 Å². The number of primary amides is 1. The molecule has 1 heterocycles. The van der Waals surface area contributed by atoms with E-state index in [9.17, 15) is 28.8 Å². The van der Waals surface area contributed by atoms with Gasteiger partial charge < -0.3 is 45.8 Å². The summed E-state index contributed by atoms with van der Waals surface area (Å²) in [7, 11) is 4.69. The quantitative estimate of drug-likeness (QED) is 0.0775. The summed E-state index contributed by atoms with van der Waals surface area (Å²) in [5, 5.41) is 11.5. The Kier molecular flexibility index (Phi) is 15.3. The van der Waals surface area contributed by atoms with Crippen molar-refractivity contribution in [1.82, 2.24) is 25.4 Å². The number of urea groups is 1. The second-order valence-electron chi connectivity index (χ2n) is 15.5. The van der Waals surface area contributed by atoms with Gasteiger partial charge in [-0.25, -0.2) is 19.2 Å². The molecular weight excluding hydrogens is 722 g/mol. The second kappa shape index (κ2) is 19.2. The van der Waals surface area contributed by atoms with E-state index in [1.807, 2.05) is 55.9 Å². The van der Waals surface area contributed by atoms with Gasteiger partial charge in [-0.1, -0.05) is 58.0 Å². The first kappa shape index (κ1) is 44.6. The standard InChI is InChI=1S/C40H57N7O9/c1-24(2)31(45-37(52)56-39(3,4)5)34(49)44-29(15-13-21-42-36(41)51)33(48)43-26-19-17-25(18-20-26)23-55-38(53)47(9)32(35(50)54-10)40(6,7)28-22-46(8)30-16-12-11-14-27(28)30/h11-12,14,16-20,22,24,29,31-32H,13,15,21,23H2,1-10H3,(H,43,48)(H,44,49)(H,45,52)(H3,41,42,51)/t29-,31?,32+/m0/s1. The molecule has 1 aromatic heterocycles. The summed E-state index contributed by atoms with van der Waals surface area (Å²) in [6.07, 6.45) is 0.881. The SMILES string of the molecule is COC(=O)[C@@H](N(C)C(=O)OCc1ccc(NC(=O)[C@H](CCCNC(N)=O)NC(=O)C(NC(=O)OC(C)(C)C)C(C)C)cc1)C(C)(C)c1cn(C)c2ccccc12. The monoisotopic (exact) mass is 779 g/mol. The number of aromatic nitrogens is 1. The first-order valence-electron chi connectivity index (χ1n) is 18.4. The Morgan fingerprint density at radius 1 is 0.911 bits per heavy atom. The van der Waals surface area contributed by atoms with Crippen LogP contribution in [0.4, 0.5) is 20.1 Å². The molecule has 3 atom stereocenters. The highest BCUT2D eigenvalue weighted by Crippen LogP contribution is 2.37. The van der Waals surface area contributed by atoms with Crippen molar-refractivity contribution in [1.29, 1.82) is 0 Å². The number of carbonyl (C=O) groups excluding carboxylic acids is 6. The number of likely N-dealkylation sites (N-methyl/N-ethyl adjacent to an activating group) is 1. The molecule has 0 saturated heterocycles. The minimum Gasteiger partial charge on any atom is -0.467 e. The molecule has 0 saturated carbocycles. The predicted molar refractivity (Wildman–Crippen MR) is 212 cm³/mol. The van der Waals surface area contributed by atoms with Crippen molar-refractivity contribution in [2.45, 2.75) is 97.1 Å². The highest BCUT2D eigenvalue weighted by Gasteiger charge is 2.44. The highest BCUT2D eigenvalue weighted by atomic mass is 16.6. The Bertz CT molecular complexity index is 1870. The van der Waals surface area contributed by atoms with Crippen LogP contribution in [-0.4, -0.2) is 89.9 Å². The molecule has 56 heavy (non-hydrogen) atoms. The summed E-state index contributed by atoms with van der Waals surface area (Å²) >= 11 is 0. The number of hydrogen-bond donors (Lipinski definition) is 5. The van der Waals surface area contributed by atoms with E-state index in [2.05, 4.69) is 21.3 Å². The number of rotatable bonds is 16. The van der Waals surface area contributed by atoms with Crippen molar-refractivity contribution in [3.8, 4) is 0 Å². The molecule has 1 unspecified atom stereocenters. The summed E-state index contributed by atoms with van der Waals surface area (Å²) in [5.74, 6) is -2.07. The average Bonchev–Trinajstić information content (AvgIpc) is 3.47. The van der Waals surface area contributed by atoms with E-state index in [0.717, 1.165) is 16.5 Å². The summed E-state index contributed by atoms with van der Waals surface area (Å²) in [5.41, 5.74) is 6.35. The Morgan fingerprint density at radius 2 is 1.55 bits per heavy atom. The number of amides is 6. The van der Waals surface area contributed by atoms with Crippen molar-refractivity contribution < 1.29 is 43.0 Å². The number of methoxy groups -OCH3 is 1. The number of nitrogens with two attached hydrogens (primary N) is 1. The summed E-state index contributed by atoms with van der Waals surface area (Å²) in [4.78, 5) is 78.3. The normalized spacial score (nSPS) is 13.2. The molecule has 0 aliphatic rings. The number of alkyl carbamates (subject to hydrolysis) is 1. The van der Waals surface area contributed by atoms with Crippen LogP contribution in [0, 0.1) is 5.92 Å². The van der Waals surface area contributed by atoms with Gasteiger partial charge in [0.2, 0.25) is 11.8 Å². The fraction of sp³-hybridized carbons (Fsp3) is 0.500. The van der Waals surface area contributed by atoms with E-state index in [-0.39, 0.29) is 25.5 Å². The van der Waals surface area contributed by atoms with Gasteiger partial charge >= 0.3 is 24.2 Å². The number of para-hydroxylation sites is 1. The molecule has 0 spiro atoms. The number of anilines is 1. The molecule has 0 aliphatic carbocycles. The zero-order chi connectivity index (χ0) is 42.0. The lowest BCUT2D eigenvalue weighted by atomic mass is 9.77. The molecular formula is C40H57N7O9. The maximum absolute atomic E-state index is 13.5. The van der Waals surface area contributed by atoms with Gasteiger partial charge in [-0.15, -0.1) is 0 Å². The minimum absolute atomic E-state index is 0.132. The average molecular weight is 780 g/mol. The van der Waals surface area contributed by atoms with Gasteiger partial charge in [0, 0.05) is 48.8 Å². The number of esters is 1. The van der Waals surface area contributed by atoms with Crippen LogP contribution in [0.5, 0.6) is 0 Å². The van der Waals surface area contributed by atoms with E-state index in [4.69, 9.17) is 19.9 Å². The summed E-state index contributed by atoms with van der Waals surface area (Å²) in [6, 6.07) is 10.6. The van der Waals surface area contributed by atoms with Crippen molar-refractivity contribution in [3.63, 3.8) is 0 Å². The molecule has 0 fully saturated rings. The van der Waals surface area contributed by atoms with Crippen LogP contribution in [0.1, 0.15) is 72.4 Å². The van der Waals surface area contributed by atoms with Crippen molar-refractivity contribution in [2.24, 2.45) is 18.7 Å². The molecule has 306 valence electrons. The number of nitrogens with one attached hydrogen (secondary N) is 4. The Morgan fingerprint density at radius 3 is 2.14 bits per heavy atom. The molecule has 6 amide bonds. The molecule has 3 aromatic rings. The Balaban J connectivity index is 1.70. The van der Waals surface area contributed by atoms with Crippen LogP contribution in [-0.2, 0) is 47.7 Å². The van der Waals surface area contributed by atoms with Crippen LogP contribution < -0.4 is 27.0 Å². The smallest absolute Gasteiger partial charge is 0.410 e. The molecule has 16 heteroatoms. The molecule has 0 aliphatic heterocycles. The molecule has 6 N–H and O–H groups in total. The lowest BCUT2D eigenvalue weighted by Crippen LogP contribution is -2.55. The van der Waals surface area contributed by atoms with E-state index in [1.54, 1.807) is 58.9 Å². The molecule has 0 radical (unpaired) electrons. The molecule has 0 bridgehead atoms. The van der Waals surface area contributed by atoms with Gasteiger partial charge in [0.25, 0.3) is 0 Å². The fourth-order valence-corrected chi connectivity index (χ4v) is 6.33. The lowest BCUT2D eigenvalue weighted by molar-refractivity contribution is -0.148. The number of benzene rings is 2. The Hall–Kier alpha value is -5.80. The van der Waals surface area contributed by atoms with Crippen LogP contribution in [0.3, 0.4) is 0 Å². The lowest BCUT2D eigenvalue weighted by Gasteiger charge is -2.37. The van der Waals surface area contributed by atoms with Crippen LogP contribution >= 0.6 is 0 Å². The third kappa shape index (κ3) is 12.1. The maximum atomic E-state index is 13.5. The first-order chi connectivity index (χ1) is 26.2. The van der Waals surface area contributed by atoms with Crippen molar-refractivity contribution >= 4 is 52.6 Å². The van der Waals surface area contributed by atoms with Crippen LogP contribution in [0.15, 0.2) is 54.7 Å². The molecule has 2 aromatic carbocycles. The van der Waals surface area contributed by atoms with Crippen LogP contribution in [0.25, 0.3) is 10.9 Å². The van der Waals surface area contributed by atoms with E-state index in [1.165, 1.54) is 19.1 Å².